The lowest BCUT2D eigenvalue weighted by atomic mass is 9.89. The monoisotopic (exact) mass is 221 g/mol. The number of hydrogen-bond acceptors (Lipinski definition) is 4. The Bertz CT molecular complexity index is 317. The highest BCUT2D eigenvalue weighted by Gasteiger charge is 2.34. The van der Waals surface area contributed by atoms with Crippen LogP contribution < -0.4 is 5.32 Å². The lowest BCUT2D eigenvalue weighted by Crippen LogP contribution is -2.31. The van der Waals surface area contributed by atoms with Gasteiger partial charge in [-0.25, -0.2) is 0 Å². The Balaban J connectivity index is 2.16. The predicted octanol–water partition coefficient (Wildman–Crippen LogP) is 1.55. The van der Waals surface area contributed by atoms with Crippen LogP contribution in [-0.2, 0) is 4.74 Å². The summed E-state index contributed by atoms with van der Waals surface area (Å²) >= 11 is 0. The molecule has 3 atom stereocenters. The molecule has 0 aliphatic carbocycles. The van der Waals surface area contributed by atoms with Gasteiger partial charge in [-0.3, -0.25) is 9.97 Å². The summed E-state index contributed by atoms with van der Waals surface area (Å²) in [6.07, 6.45) is 7.80. The van der Waals surface area contributed by atoms with Crippen LogP contribution in [0.2, 0.25) is 0 Å². The first-order chi connectivity index (χ1) is 7.86. The lowest BCUT2D eigenvalue weighted by molar-refractivity contribution is 0.0778. The molecule has 0 spiro atoms. The second-order valence-electron chi connectivity index (χ2n) is 4.17. The molecule has 0 saturated carbocycles. The van der Waals surface area contributed by atoms with E-state index < -0.39 is 0 Å². The van der Waals surface area contributed by atoms with E-state index >= 15 is 0 Å². The first-order valence-electron chi connectivity index (χ1n) is 5.91. The topological polar surface area (TPSA) is 47.0 Å². The highest BCUT2D eigenvalue weighted by atomic mass is 16.5. The Kier molecular flexibility index (Phi) is 3.85. The fourth-order valence-corrected chi connectivity index (χ4v) is 2.52. The molecule has 1 saturated heterocycles. The van der Waals surface area contributed by atoms with Crippen LogP contribution in [0.5, 0.6) is 0 Å². The van der Waals surface area contributed by atoms with E-state index in [0.29, 0.717) is 12.0 Å². The van der Waals surface area contributed by atoms with Gasteiger partial charge in [0.05, 0.1) is 17.8 Å². The molecule has 1 aromatic rings. The third-order valence-corrected chi connectivity index (χ3v) is 3.30. The number of nitrogens with one attached hydrogen (secondary N) is 1. The van der Waals surface area contributed by atoms with Gasteiger partial charge in [0.2, 0.25) is 0 Å². The van der Waals surface area contributed by atoms with Gasteiger partial charge in [0.1, 0.15) is 0 Å². The van der Waals surface area contributed by atoms with Gasteiger partial charge in [0.25, 0.3) is 0 Å². The molecule has 4 heteroatoms. The molecule has 1 aliphatic rings. The summed E-state index contributed by atoms with van der Waals surface area (Å²) in [6, 6.07) is 0.251. The van der Waals surface area contributed by atoms with Gasteiger partial charge >= 0.3 is 0 Å². The van der Waals surface area contributed by atoms with Crippen LogP contribution in [-0.4, -0.2) is 29.7 Å². The van der Waals surface area contributed by atoms with Crippen LogP contribution in [0, 0.1) is 5.92 Å². The summed E-state index contributed by atoms with van der Waals surface area (Å²) in [6.45, 7) is 3.04. The van der Waals surface area contributed by atoms with Crippen LogP contribution in [0.1, 0.15) is 31.5 Å². The van der Waals surface area contributed by atoms with Gasteiger partial charge in [-0.2, -0.15) is 0 Å². The van der Waals surface area contributed by atoms with E-state index in [2.05, 4.69) is 22.2 Å². The fourth-order valence-electron chi connectivity index (χ4n) is 2.52. The summed E-state index contributed by atoms with van der Waals surface area (Å²) in [7, 11) is 1.98. The largest absolute Gasteiger partial charge is 0.378 e. The maximum atomic E-state index is 5.73. The molecule has 4 nitrogen and oxygen atoms in total. The first-order valence-corrected chi connectivity index (χ1v) is 5.91. The van der Waals surface area contributed by atoms with E-state index in [1.807, 2.05) is 13.2 Å². The van der Waals surface area contributed by atoms with Gasteiger partial charge in [0.15, 0.2) is 0 Å². The predicted molar refractivity (Wildman–Crippen MR) is 62.0 cm³/mol. The fraction of sp³-hybridized carbons (Fsp3) is 0.667. The molecule has 2 heterocycles. The molecule has 3 unspecified atom stereocenters. The number of nitrogens with zero attached hydrogens (tertiary/aromatic N) is 2. The molecule has 16 heavy (non-hydrogen) atoms. The first kappa shape index (κ1) is 11.5. The van der Waals surface area contributed by atoms with E-state index in [0.717, 1.165) is 25.1 Å². The van der Waals surface area contributed by atoms with Crippen molar-refractivity contribution in [2.24, 2.45) is 5.92 Å². The van der Waals surface area contributed by atoms with E-state index in [-0.39, 0.29) is 6.04 Å². The van der Waals surface area contributed by atoms with Gasteiger partial charge in [-0.15, -0.1) is 0 Å². The van der Waals surface area contributed by atoms with Crippen molar-refractivity contribution >= 4 is 0 Å². The molecular weight excluding hydrogens is 202 g/mol. The molecule has 0 bridgehead atoms. The van der Waals surface area contributed by atoms with Crippen LogP contribution in [0.15, 0.2) is 18.6 Å². The molecule has 1 fully saturated rings. The van der Waals surface area contributed by atoms with Gasteiger partial charge < -0.3 is 10.1 Å². The van der Waals surface area contributed by atoms with Crippen LogP contribution in [0.4, 0.5) is 0 Å². The van der Waals surface area contributed by atoms with Crippen molar-refractivity contribution in [3.8, 4) is 0 Å². The van der Waals surface area contributed by atoms with E-state index in [1.54, 1.807) is 12.4 Å². The summed E-state index contributed by atoms with van der Waals surface area (Å²) in [5, 5.41) is 3.34. The highest BCUT2D eigenvalue weighted by molar-refractivity contribution is 5.06. The summed E-state index contributed by atoms with van der Waals surface area (Å²) in [5.74, 6) is 0.506. The second-order valence-corrected chi connectivity index (χ2v) is 4.17. The third kappa shape index (κ3) is 2.23. The smallest absolute Gasteiger partial charge is 0.0759 e. The molecular formula is C12H19N3O. The van der Waals surface area contributed by atoms with Crippen LogP contribution >= 0.6 is 0 Å². The number of aromatic nitrogens is 2. The van der Waals surface area contributed by atoms with E-state index in [1.165, 1.54) is 0 Å². The summed E-state index contributed by atoms with van der Waals surface area (Å²) in [5.41, 5.74) is 1.01. The van der Waals surface area contributed by atoms with Gasteiger partial charge in [-0.05, 0) is 19.9 Å². The molecule has 2 rings (SSSR count). The number of rotatable bonds is 4. The normalized spacial score (nSPS) is 26.9. The molecule has 1 N–H and O–H groups in total. The van der Waals surface area contributed by atoms with Gasteiger partial charge in [0, 0.05) is 31.1 Å². The average molecular weight is 221 g/mol. The zero-order valence-electron chi connectivity index (χ0n) is 9.89. The quantitative estimate of drug-likeness (QED) is 0.838. The molecule has 88 valence electrons. The van der Waals surface area contributed by atoms with Crippen LogP contribution in [0.25, 0.3) is 0 Å². The zero-order chi connectivity index (χ0) is 11.4. The number of ether oxygens (including phenoxy) is 1. The molecule has 1 aliphatic heterocycles. The minimum atomic E-state index is 0.251. The van der Waals surface area contributed by atoms with Crippen molar-refractivity contribution < 1.29 is 4.74 Å². The average Bonchev–Trinajstić information content (AvgIpc) is 2.80. The highest BCUT2D eigenvalue weighted by Crippen LogP contribution is 2.33. The molecule has 0 amide bonds. The Morgan fingerprint density at radius 1 is 1.56 bits per heavy atom. The maximum absolute atomic E-state index is 5.73. The van der Waals surface area contributed by atoms with E-state index in [9.17, 15) is 0 Å². The Labute approximate surface area is 96.4 Å². The van der Waals surface area contributed by atoms with Crippen molar-refractivity contribution in [2.75, 3.05) is 13.7 Å². The minimum Gasteiger partial charge on any atom is -0.378 e. The Hall–Kier alpha value is -1.00. The van der Waals surface area contributed by atoms with E-state index in [4.69, 9.17) is 4.74 Å². The second kappa shape index (κ2) is 5.37. The summed E-state index contributed by atoms with van der Waals surface area (Å²) < 4.78 is 5.73. The summed E-state index contributed by atoms with van der Waals surface area (Å²) in [4.78, 5) is 8.52. The zero-order valence-corrected chi connectivity index (χ0v) is 9.89. The Morgan fingerprint density at radius 3 is 3.06 bits per heavy atom. The number of hydrogen-bond donors (Lipinski definition) is 1. The molecule has 0 radical (unpaired) electrons. The Morgan fingerprint density at radius 2 is 2.44 bits per heavy atom. The lowest BCUT2D eigenvalue weighted by Gasteiger charge is -2.25. The maximum Gasteiger partial charge on any atom is 0.0759 e. The van der Waals surface area contributed by atoms with Crippen molar-refractivity contribution in [1.82, 2.24) is 15.3 Å². The third-order valence-electron chi connectivity index (χ3n) is 3.30. The van der Waals surface area contributed by atoms with Crippen molar-refractivity contribution in [1.29, 1.82) is 0 Å². The SMILES string of the molecule is CCC1OCCC1C(NC)c1cnccn1. The standard InChI is InChI=1S/C12H19N3O/c1-3-11-9(4-7-16-11)12(13-2)10-8-14-5-6-15-10/h5-6,8-9,11-13H,3-4,7H2,1-2H3. The van der Waals surface area contributed by atoms with Crippen molar-refractivity contribution in [3.63, 3.8) is 0 Å². The minimum absolute atomic E-state index is 0.251. The van der Waals surface area contributed by atoms with Crippen molar-refractivity contribution in [3.05, 3.63) is 24.3 Å². The molecule has 1 aromatic heterocycles. The molecule has 0 aromatic carbocycles. The van der Waals surface area contributed by atoms with Crippen LogP contribution in [0.3, 0.4) is 0 Å². The van der Waals surface area contributed by atoms with Gasteiger partial charge in [-0.1, -0.05) is 6.92 Å². The van der Waals surface area contributed by atoms with Crippen molar-refractivity contribution in [2.45, 2.75) is 31.9 Å².